The smallest absolute Gasteiger partial charge is 0.269 e. The summed E-state index contributed by atoms with van der Waals surface area (Å²) < 4.78 is 27.8. The van der Waals surface area contributed by atoms with E-state index in [-0.39, 0.29) is 4.90 Å². The standard InChI is InChI=1S/C24H25N5O2S/c1-17-7-9-21(10-8-17)32(30,31)29-13-11-22-23(26-16-27-24(22)29)28-12-3-5-19(15-28)18-4-2-6-20(25)14-18/h2,4,6-11,13-14,16,19H,3,5,12,15,25H2,1H3. The molecule has 5 rings (SSSR count). The molecule has 2 N–H and O–H groups in total. The van der Waals surface area contributed by atoms with E-state index < -0.39 is 10.0 Å². The Morgan fingerprint density at radius 2 is 1.88 bits per heavy atom. The zero-order valence-electron chi connectivity index (χ0n) is 17.8. The number of fused-ring (bicyclic) bond motifs is 1. The second-order valence-corrected chi connectivity index (χ2v) is 10.1. The SMILES string of the molecule is Cc1ccc(S(=O)(=O)n2ccc3c(N4CCCC(c5cccc(N)c5)C4)ncnc32)cc1. The Kier molecular flexibility index (Phi) is 5.09. The van der Waals surface area contributed by atoms with Crippen molar-refractivity contribution in [1.82, 2.24) is 13.9 Å². The van der Waals surface area contributed by atoms with Crippen LogP contribution in [-0.2, 0) is 10.0 Å². The molecule has 32 heavy (non-hydrogen) atoms. The number of nitrogen functional groups attached to an aromatic ring is 1. The van der Waals surface area contributed by atoms with Gasteiger partial charge in [-0.2, -0.15) is 0 Å². The van der Waals surface area contributed by atoms with E-state index in [1.54, 1.807) is 36.5 Å². The van der Waals surface area contributed by atoms with Crippen LogP contribution in [0, 0.1) is 6.92 Å². The maximum atomic E-state index is 13.3. The second-order valence-electron chi connectivity index (χ2n) is 8.32. The topological polar surface area (TPSA) is 94.1 Å². The highest BCUT2D eigenvalue weighted by molar-refractivity contribution is 7.90. The van der Waals surface area contributed by atoms with Gasteiger partial charge in [0.25, 0.3) is 10.0 Å². The van der Waals surface area contributed by atoms with Gasteiger partial charge in [0.1, 0.15) is 12.1 Å². The van der Waals surface area contributed by atoms with E-state index in [1.807, 2.05) is 25.1 Å². The highest BCUT2D eigenvalue weighted by atomic mass is 32.2. The molecular weight excluding hydrogens is 422 g/mol. The Morgan fingerprint density at radius 3 is 2.66 bits per heavy atom. The van der Waals surface area contributed by atoms with Crippen molar-refractivity contribution in [2.24, 2.45) is 0 Å². The van der Waals surface area contributed by atoms with Crippen molar-refractivity contribution in [2.75, 3.05) is 23.7 Å². The van der Waals surface area contributed by atoms with Crippen LogP contribution in [0.4, 0.5) is 11.5 Å². The fourth-order valence-electron chi connectivity index (χ4n) is 4.44. The van der Waals surface area contributed by atoms with Crippen LogP contribution >= 0.6 is 0 Å². The molecule has 8 heteroatoms. The molecule has 3 heterocycles. The Morgan fingerprint density at radius 1 is 1.06 bits per heavy atom. The summed E-state index contributed by atoms with van der Waals surface area (Å²) >= 11 is 0. The van der Waals surface area contributed by atoms with Crippen molar-refractivity contribution in [3.8, 4) is 0 Å². The van der Waals surface area contributed by atoms with Crippen LogP contribution in [0.2, 0.25) is 0 Å². The summed E-state index contributed by atoms with van der Waals surface area (Å²) in [5.74, 6) is 1.11. The first-order chi connectivity index (χ1) is 15.4. The molecule has 7 nitrogen and oxygen atoms in total. The molecule has 0 amide bonds. The summed E-state index contributed by atoms with van der Waals surface area (Å²) in [7, 11) is -3.75. The molecule has 1 aliphatic rings. The summed E-state index contributed by atoms with van der Waals surface area (Å²) in [6, 6.07) is 16.7. The summed E-state index contributed by atoms with van der Waals surface area (Å²) in [6.45, 7) is 3.59. The Hall–Kier alpha value is -3.39. The molecule has 2 aromatic heterocycles. The quantitative estimate of drug-likeness (QED) is 0.476. The molecule has 0 saturated carbocycles. The van der Waals surface area contributed by atoms with Crippen LogP contribution in [0.25, 0.3) is 11.0 Å². The highest BCUT2D eigenvalue weighted by Gasteiger charge is 2.26. The van der Waals surface area contributed by atoms with Gasteiger partial charge in [-0.15, -0.1) is 0 Å². The van der Waals surface area contributed by atoms with Crippen LogP contribution in [0.5, 0.6) is 0 Å². The van der Waals surface area contributed by atoms with Crippen molar-refractivity contribution < 1.29 is 8.42 Å². The summed E-state index contributed by atoms with van der Waals surface area (Å²) in [4.78, 5) is 11.3. The molecule has 1 saturated heterocycles. The minimum atomic E-state index is -3.75. The molecule has 0 spiro atoms. The summed E-state index contributed by atoms with van der Waals surface area (Å²) in [5.41, 5.74) is 9.37. The number of nitrogens with zero attached hydrogens (tertiary/aromatic N) is 4. The lowest BCUT2D eigenvalue weighted by atomic mass is 9.90. The van der Waals surface area contributed by atoms with Gasteiger partial charge in [-0.25, -0.2) is 22.4 Å². The van der Waals surface area contributed by atoms with Gasteiger partial charge in [0.15, 0.2) is 5.65 Å². The fraction of sp³-hybridized carbons (Fsp3) is 0.250. The van der Waals surface area contributed by atoms with Crippen molar-refractivity contribution in [2.45, 2.75) is 30.6 Å². The second kappa shape index (κ2) is 7.94. The molecule has 0 bridgehead atoms. The third kappa shape index (κ3) is 3.60. The van der Waals surface area contributed by atoms with E-state index in [9.17, 15) is 8.42 Å². The molecule has 1 atom stereocenters. The lowest BCUT2D eigenvalue weighted by molar-refractivity contribution is 0.508. The molecule has 1 aliphatic heterocycles. The predicted octanol–water partition coefficient (Wildman–Crippen LogP) is 3.94. The van der Waals surface area contributed by atoms with Gasteiger partial charge in [0.05, 0.1) is 10.3 Å². The van der Waals surface area contributed by atoms with Crippen molar-refractivity contribution >= 4 is 32.6 Å². The minimum absolute atomic E-state index is 0.237. The lowest BCUT2D eigenvalue weighted by Gasteiger charge is -2.34. The zero-order chi connectivity index (χ0) is 22.3. The van der Waals surface area contributed by atoms with E-state index in [4.69, 9.17) is 5.73 Å². The molecule has 2 aromatic carbocycles. The van der Waals surface area contributed by atoms with Crippen LogP contribution in [0.1, 0.15) is 29.9 Å². The van der Waals surface area contributed by atoms with Crippen LogP contribution in [0.3, 0.4) is 0 Å². The van der Waals surface area contributed by atoms with Gasteiger partial charge in [0, 0.05) is 30.9 Å². The maximum absolute atomic E-state index is 13.3. The van der Waals surface area contributed by atoms with Crippen LogP contribution < -0.4 is 10.6 Å². The Bertz CT molecular complexity index is 1380. The van der Waals surface area contributed by atoms with Gasteiger partial charge in [-0.05, 0) is 55.7 Å². The number of hydrogen-bond acceptors (Lipinski definition) is 6. The molecule has 0 aliphatic carbocycles. The lowest BCUT2D eigenvalue weighted by Crippen LogP contribution is -2.35. The van der Waals surface area contributed by atoms with E-state index in [0.29, 0.717) is 11.6 Å². The maximum Gasteiger partial charge on any atom is 0.269 e. The Balaban J connectivity index is 1.51. The third-order valence-corrected chi connectivity index (χ3v) is 7.79. The first-order valence-corrected chi connectivity index (χ1v) is 12.1. The number of rotatable bonds is 4. The summed E-state index contributed by atoms with van der Waals surface area (Å²) in [6.07, 6.45) is 5.12. The van der Waals surface area contributed by atoms with Crippen LogP contribution in [0.15, 0.2) is 72.0 Å². The molecule has 1 unspecified atom stereocenters. The van der Waals surface area contributed by atoms with Crippen molar-refractivity contribution in [3.63, 3.8) is 0 Å². The Labute approximate surface area is 187 Å². The fourth-order valence-corrected chi connectivity index (χ4v) is 5.74. The highest BCUT2D eigenvalue weighted by Crippen LogP contribution is 2.33. The van der Waals surface area contributed by atoms with Gasteiger partial charge in [-0.1, -0.05) is 29.8 Å². The van der Waals surface area contributed by atoms with Gasteiger partial charge >= 0.3 is 0 Å². The minimum Gasteiger partial charge on any atom is -0.399 e. The first kappa shape index (κ1) is 20.5. The van der Waals surface area contributed by atoms with Gasteiger partial charge in [0.2, 0.25) is 0 Å². The van der Waals surface area contributed by atoms with Crippen LogP contribution in [-0.4, -0.2) is 35.4 Å². The number of piperidine rings is 1. The predicted molar refractivity (Wildman–Crippen MR) is 126 cm³/mol. The number of nitrogens with two attached hydrogens (primary N) is 1. The largest absolute Gasteiger partial charge is 0.399 e. The molecular formula is C24H25N5O2S. The number of benzene rings is 2. The van der Waals surface area contributed by atoms with E-state index >= 15 is 0 Å². The molecule has 164 valence electrons. The van der Waals surface area contributed by atoms with Gasteiger partial charge in [-0.3, -0.25) is 0 Å². The molecule has 1 fully saturated rings. The van der Waals surface area contributed by atoms with E-state index in [1.165, 1.54) is 15.9 Å². The van der Waals surface area contributed by atoms with E-state index in [2.05, 4.69) is 20.9 Å². The average Bonchev–Trinajstić information content (AvgIpc) is 3.25. The number of anilines is 2. The third-order valence-electron chi connectivity index (χ3n) is 6.11. The molecule has 0 radical (unpaired) electrons. The monoisotopic (exact) mass is 447 g/mol. The number of aromatic nitrogens is 3. The van der Waals surface area contributed by atoms with Gasteiger partial charge < -0.3 is 10.6 Å². The normalized spacial score (nSPS) is 17.0. The van der Waals surface area contributed by atoms with E-state index in [0.717, 1.165) is 48.4 Å². The van der Waals surface area contributed by atoms with Crippen molar-refractivity contribution in [3.05, 3.63) is 78.2 Å². The molecule has 4 aromatic rings. The first-order valence-electron chi connectivity index (χ1n) is 10.7. The van der Waals surface area contributed by atoms with Crippen molar-refractivity contribution in [1.29, 1.82) is 0 Å². The number of aryl methyl sites for hydroxylation is 1. The summed E-state index contributed by atoms with van der Waals surface area (Å²) in [5, 5.41) is 0.733. The average molecular weight is 448 g/mol. The number of hydrogen-bond donors (Lipinski definition) is 1. The zero-order valence-corrected chi connectivity index (χ0v) is 18.7.